The third-order valence-corrected chi connectivity index (χ3v) is 21.6. The number of pyridine rings is 2. The standard InChI is InChI=1S/C25H21BrN8O3.C18H19N5O3.C14H16BrN3O3.C14H11N5O3.C11H12BrN3O.C4H5BN2O2.CH3F.ClH.H2O/c26-20-2-1-3-21(30-20)31-25(37)19-8-14-7-18(14)34(19)22(35)11-33-17-5-4-13(15-9-28-12-29-10-15)6-16(17)23(32-33)24(27)36;1-18(2,3)26-15(24)9-23-14-5-4-11(12-7-20-10-21-8-12)6-13(14)16(22-23)17(19)25;1-14(2,3)21-11(19)7-18-10-5-4-8(15)6-9(10)12(17-18)13(16)20;15-14(22)13-10-3-8(9-4-16-7-17-5-9)1-2-11(10)19(18-13)6-12(20)21;12-9-2-1-3-10(14-9)15-11(16)8-5-6-4-7(6)13-8;8-5(9)4-1-6-3-7-2-4;1-2;;/h1-6,9-10,12,14,18-19H,7-8,11H2,(H2,27,36)(H,30,31,37);4-8,10H,9H2,1-3H3,(H2,19,25);4-6H,7H2,1-3H3,(H2,16,20);1-5,7H,6H2,(H2,15,22)(H,20,21);1-3,6-8,13H,4-5H2,(H,14,15,16);1-3,8-9H;1H3;1H;1H2/t14-,18-,19+;;;;6-,7-,8+;;;;/m1...1..../s1/i/hD. The quantitative estimate of drug-likeness (QED) is 0.0206. The number of nitrogens with one attached hydrogen (secondary N) is 3. The number of carbonyl (C=O) groups is 10. The number of piperidine rings is 2. The lowest BCUT2D eigenvalue weighted by Gasteiger charge is -2.26. The van der Waals surface area contributed by atoms with Crippen LogP contribution in [0.3, 0.4) is 0 Å². The van der Waals surface area contributed by atoms with Gasteiger partial charge in [-0.25, -0.2) is 49.8 Å². The molecule has 12 heterocycles. The largest absolute Gasteiger partial charge is 0.491 e. The number of nitrogens with zero attached hydrogens (tertiary/aromatic N) is 19. The number of anilines is 2. The molecule has 42 nitrogen and oxygen atoms in total. The molecule has 14 aromatic rings. The number of likely N-dealkylation sites (tertiary alicyclic amines) is 1. The van der Waals surface area contributed by atoms with Crippen molar-refractivity contribution >= 4 is 187 Å². The van der Waals surface area contributed by atoms with Crippen molar-refractivity contribution in [2.75, 3.05) is 17.8 Å². The van der Waals surface area contributed by atoms with E-state index in [2.05, 4.69) is 134 Å². The lowest BCUT2D eigenvalue weighted by Crippen LogP contribution is -2.46. The number of alkyl halides is 1. The summed E-state index contributed by atoms with van der Waals surface area (Å²) >= 11 is 9.91. The number of carboxylic acids is 1. The van der Waals surface area contributed by atoms with Gasteiger partial charge in [-0.05, 0) is 206 Å². The zero-order chi connectivity index (χ0) is 97.9. The molecule has 702 valence electrons. The van der Waals surface area contributed by atoms with E-state index in [4.69, 9.17) is 54.5 Å². The summed E-state index contributed by atoms with van der Waals surface area (Å²) in [6.07, 6.45) is 21.9. The first-order valence-electron chi connectivity index (χ1n) is 41.1. The highest BCUT2D eigenvalue weighted by Gasteiger charge is 2.56. The molecule has 10 aromatic heterocycles. The molecule has 4 aliphatic rings. The second-order valence-corrected chi connectivity index (χ2v) is 34.7. The number of amides is 7. The summed E-state index contributed by atoms with van der Waals surface area (Å²) in [5.74, 6) is -3.08. The van der Waals surface area contributed by atoms with Crippen LogP contribution in [0.15, 0.2) is 198 Å². The number of halogens is 5. The molecule has 2 aliphatic carbocycles. The van der Waals surface area contributed by atoms with Gasteiger partial charge in [0.2, 0.25) is 19.2 Å². The molecule has 135 heavy (non-hydrogen) atoms. The molecule has 2 saturated carbocycles. The fourth-order valence-corrected chi connectivity index (χ4v) is 15.6. The number of benzene rings is 4. The number of primary amides is 4. The molecule has 48 heteroatoms. The number of hydrogen-bond donors (Lipinski definition) is 10. The average molecular weight is 2060 g/mol. The number of aromatic nitrogens is 18. The maximum atomic E-state index is 13.5. The van der Waals surface area contributed by atoms with E-state index in [0.29, 0.717) is 90.9 Å². The zero-order valence-electron chi connectivity index (χ0n) is 73.9. The summed E-state index contributed by atoms with van der Waals surface area (Å²) in [7, 11) is -0.966. The number of carboxylic acid groups (broad SMARTS) is 1. The Labute approximate surface area is 800 Å². The number of ether oxygens (including phenoxy) is 2. The van der Waals surface area contributed by atoms with Crippen molar-refractivity contribution in [3.63, 3.8) is 0 Å². The maximum absolute atomic E-state index is 13.5. The Balaban J connectivity index is 0.000000174. The Bertz CT molecular complexity index is 6680. The highest BCUT2D eigenvalue weighted by Crippen LogP contribution is 2.48. The summed E-state index contributed by atoms with van der Waals surface area (Å²) in [6.45, 7) is 10.1. The summed E-state index contributed by atoms with van der Waals surface area (Å²) in [5.41, 5.74) is 34.6. The second kappa shape index (κ2) is 45.4. The molecule has 0 bridgehead atoms. The van der Waals surface area contributed by atoms with E-state index < -0.39 is 65.9 Å². The third kappa shape index (κ3) is 27.0. The summed E-state index contributed by atoms with van der Waals surface area (Å²) in [6, 6.07) is 32.0. The Morgan fingerprint density at radius 3 is 1.19 bits per heavy atom. The van der Waals surface area contributed by atoms with Gasteiger partial charge < -0.3 is 73.9 Å². The first kappa shape index (κ1) is 101. The minimum Gasteiger partial charge on any atom is -0.480 e. The van der Waals surface area contributed by atoms with E-state index in [-0.39, 0.29) is 91.2 Å². The average Bonchev–Trinajstić information content (AvgIpc) is 1.58. The molecule has 0 unspecified atom stereocenters. The number of rotatable bonds is 20. The van der Waals surface area contributed by atoms with E-state index >= 15 is 0 Å². The van der Waals surface area contributed by atoms with Crippen molar-refractivity contribution in [1.82, 2.24) is 99.2 Å². The van der Waals surface area contributed by atoms with E-state index in [1.165, 1.54) is 62.9 Å². The van der Waals surface area contributed by atoms with Gasteiger partial charge in [-0.1, -0.05) is 46.3 Å². The van der Waals surface area contributed by atoms with Gasteiger partial charge in [0.15, 0.2) is 22.8 Å². The van der Waals surface area contributed by atoms with Crippen LogP contribution in [0.5, 0.6) is 0 Å². The summed E-state index contributed by atoms with van der Waals surface area (Å²) in [4.78, 5) is 162. The Hall–Kier alpha value is -14.4. The van der Waals surface area contributed by atoms with Crippen LogP contribution in [-0.2, 0) is 64.4 Å². The second-order valence-electron chi connectivity index (χ2n) is 32.2. The Kier molecular flexibility index (Phi) is 34.0. The molecule has 4 fully saturated rings. The van der Waals surface area contributed by atoms with Crippen LogP contribution in [-0.4, -0.2) is 223 Å². The highest BCUT2D eigenvalue weighted by molar-refractivity contribution is 9.11. The molecule has 7 amide bonds. The van der Waals surface area contributed by atoms with Crippen LogP contribution in [0.1, 0.15) is 111 Å². The van der Waals surface area contributed by atoms with Crippen LogP contribution >= 0.6 is 60.2 Å². The molecule has 4 aromatic carbocycles. The number of nitrogens with two attached hydrogens (primary N) is 4. The molecule has 18 rings (SSSR count). The first-order chi connectivity index (χ1) is 64.4. The van der Waals surface area contributed by atoms with Crippen LogP contribution in [0.4, 0.5) is 16.0 Å². The molecule has 2 saturated heterocycles. The fourth-order valence-electron chi connectivity index (χ4n) is 14.5. The first-order valence-corrected chi connectivity index (χ1v) is 43.0. The SMILES string of the molecule is CC(C)(C)OC(=O)Cn1nc(C(N)=O)c2cc(-c3cncnc3)ccc21.CC(C)(C)OC(=O)Cn1nc(C(N)=O)c2cc(Br)ccc21.CF.Cl.NC(=O)c1nn(CC(=O)N2[C@@H]3C[C@@H]3C[C@H]2C(=O)Nc2cccc(Br)n2)c2ccc(-c3cncnc3)cc12.NC(=O)c1nn(CC(=O)O)c2ccc(-c3cncnc3)cc12.O=C(Nc1cccc(Br)n1)[C@@H]1C[C@H]2C[C@H]2N1.OB(O)c1cncnc1.[2H]O. The normalized spacial score (nSPS) is 15.6. The van der Waals surface area contributed by atoms with Crippen molar-refractivity contribution in [1.29, 1.82) is 0 Å². The lowest BCUT2D eigenvalue weighted by molar-refractivity contribution is -0.156. The number of esters is 2. The van der Waals surface area contributed by atoms with E-state index in [1.54, 1.807) is 169 Å². The van der Waals surface area contributed by atoms with Gasteiger partial charge in [0, 0.05) is 110 Å². The van der Waals surface area contributed by atoms with Crippen LogP contribution in [0, 0.1) is 11.8 Å². The minimum atomic E-state index is -1.47. The summed E-state index contributed by atoms with van der Waals surface area (Å²) in [5, 5.41) is 53.7. The van der Waals surface area contributed by atoms with Gasteiger partial charge in [-0.2, -0.15) is 20.4 Å². The van der Waals surface area contributed by atoms with E-state index in [9.17, 15) is 52.3 Å². The minimum absolute atomic E-state index is 0. The van der Waals surface area contributed by atoms with Gasteiger partial charge in [0.1, 0.15) is 89.6 Å². The molecule has 6 atom stereocenters. The van der Waals surface area contributed by atoms with Crippen LogP contribution in [0.2, 0.25) is 0 Å². The molecular formula is C87H90BBr3ClFN26O16. The number of fused-ring (bicyclic) bond motifs is 6. The van der Waals surface area contributed by atoms with Crippen molar-refractivity contribution in [3.8, 4) is 33.4 Å². The van der Waals surface area contributed by atoms with E-state index in [1.807, 2.05) is 24.3 Å². The van der Waals surface area contributed by atoms with Crippen LogP contribution < -0.4 is 44.3 Å². The van der Waals surface area contributed by atoms with E-state index in [0.717, 1.165) is 61.2 Å². The number of aliphatic carboxylic acids is 1. The third-order valence-electron chi connectivity index (χ3n) is 20.2. The Morgan fingerprint density at radius 2 is 0.844 bits per heavy atom. The van der Waals surface area contributed by atoms with Gasteiger partial charge in [-0.3, -0.25) is 71.1 Å². The van der Waals surface area contributed by atoms with Gasteiger partial charge >= 0.3 is 25.0 Å². The van der Waals surface area contributed by atoms with Gasteiger partial charge in [0.25, 0.3) is 23.6 Å². The van der Waals surface area contributed by atoms with Crippen molar-refractivity contribution in [2.45, 2.75) is 129 Å². The molecule has 16 N–H and O–H groups in total. The monoisotopic (exact) mass is 2060 g/mol. The maximum Gasteiger partial charge on any atom is 0.491 e. The number of hydrogen-bond acceptors (Lipinski definition) is 29. The highest BCUT2D eigenvalue weighted by atomic mass is 79.9. The topological polar surface area (TPSA) is 625 Å². The predicted octanol–water partition coefficient (Wildman–Crippen LogP) is 7.10. The summed E-state index contributed by atoms with van der Waals surface area (Å²) < 4.78 is 32.5. The van der Waals surface area contributed by atoms with Crippen LogP contribution in [0.25, 0.3) is 77.0 Å². The fraction of sp³-hybridized carbons (Fsp3) is 0.264. The smallest absolute Gasteiger partial charge is 0.480 e. The molecule has 0 spiro atoms. The predicted molar refractivity (Wildman–Crippen MR) is 505 cm³/mol. The van der Waals surface area contributed by atoms with Crippen molar-refractivity contribution in [3.05, 3.63) is 221 Å². The zero-order valence-corrected chi connectivity index (χ0v) is 78.5. The van der Waals surface area contributed by atoms with Gasteiger partial charge in [0.05, 0.1) is 35.3 Å². The molecular weight excluding hydrogens is 1970 g/mol. The lowest BCUT2D eigenvalue weighted by atomic mass is 9.83. The Morgan fingerprint density at radius 1 is 0.481 bits per heavy atom. The molecule has 2 aliphatic heterocycles. The van der Waals surface area contributed by atoms with Crippen molar-refractivity contribution < 1.29 is 83.9 Å². The van der Waals surface area contributed by atoms with Gasteiger partial charge in [-0.15, -0.1) is 12.4 Å². The number of carbonyl (C=O) groups excluding carboxylic acids is 9. The van der Waals surface area contributed by atoms with Crippen molar-refractivity contribution in [2.24, 2.45) is 34.8 Å². The molecule has 0 radical (unpaired) electrons.